The van der Waals surface area contributed by atoms with Crippen LogP contribution in [0.2, 0.25) is 0 Å². The molecule has 2 aliphatic rings. The first-order valence-corrected chi connectivity index (χ1v) is 11.0. The predicted molar refractivity (Wildman–Crippen MR) is 109 cm³/mol. The molecule has 2 amide bonds. The number of fused-ring (bicyclic) bond motifs is 1. The number of piperidine rings is 1. The Morgan fingerprint density at radius 2 is 1.93 bits per heavy atom. The van der Waals surface area contributed by atoms with Crippen molar-refractivity contribution < 1.29 is 9.35 Å². The summed E-state index contributed by atoms with van der Waals surface area (Å²) in [6, 6.07) is 19.1. The van der Waals surface area contributed by atoms with E-state index in [1.165, 1.54) is 16.7 Å². The maximum absolute atomic E-state index is 12.4. The molecule has 4 rings (SSSR count). The standard InChI is InChI=1S/C21H25N3O2S/c1-27(26)23-19-11-10-18-14-22-21(25)24(18)20(19)13-15-6-5-9-17(12-15)16-7-3-2-4-8-16/h2-9,12,18-20,23H,10-11,13-14H2,1H3,(H,22,25). The maximum atomic E-state index is 12.4. The summed E-state index contributed by atoms with van der Waals surface area (Å²) in [5.41, 5.74) is 3.55. The summed E-state index contributed by atoms with van der Waals surface area (Å²) in [5.74, 6) is 0. The predicted octanol–water partition coefficient (Wildman–Crippen LogP) is 2.70. The molecule has 4 unspecified atom stereocenters. The van der Waals surface area contributed by atoms with Crippen molar-refractivity contribution in [3.63, 3.8) is 0 Å². The molecule has 2 aromatic rings. The van der Waals surface area contributed by atoms with Gasteiger partial charge in [-0.3, -0.25) is 0 Å². The highest BCUT2D eigenvalue weighted by atomic mass is 32.2. The van der Waals surface area contributed by atoms with Crippen LogP contribution >= 0.6 is 0 Å². The van der Waals surface area contributed by atoms with E-state index in [1.807, 2.05) is 23.1 Å². The summed E-state index contributed by atoms with van der Waals surface area (Å²) >= 11 is -1.10. The minimum atomic E-state index is -1.10. The topological polar surface area (TPSA) is 67.4 Å². The summed E-state index contributed by atoms with van der Waals surface area (Å²) in [5, 5.41) is 2.97. The van der Waals surface area contributed by atoms with Crippen LogP contribution in [0.1, 0.15) is 18.4 Å². The monoisotopic (exact) mass is 383 g/mol. The fraction of sp³-hybridized carbons (Fsp3) is 0.381. The molecule has 0 radical (unpaired) electrons. The van der Waals surface area contributed by atoms with Crippen molar-refractivity contribution in [2.24, 2.45) is 0 Å². The first-order valence-electron chi connectivity index (χ1n) is 9.42. The van der Waals surface area contributed by atoms with Gasteiger partial charge in [-0.05, 0) is 36.0 Å². The molecule has 2 aliphatic heterocycles. The zero-order valence-electron chi connectivity index (χ0n) is 15.4. The number of rotatable bonds is 5. The number of hydrogen-bond donors (Lipinski definition) is 2. The molecule has 0 spiro atoms. The number of carbonyl (C=O) groups is 1. The Kier molecular flexibility index (Phi) is 5.38. The Morgan fingerprint density at radius 1 is 1.15 bits per heavy atom. The van der Waals surface area contributed by atoms with Crippen LogP contribution in [-0.2, 0) is 17.8 Å². The number of nitrogens with one attached hydrogen (secondary N) is 2. The molecular formula is C21H25N3O2S. The van der Waals surface area contributed by atoms with Gasteiger partial charge in [-0.2, -0.15) is 0 Å². The van der Waals surface area contributed by atoms with Crippen LogP contribution in [-0.4, -0.2) is 46.4 Å². The van der Waals surface area contributed by atoms with Crippen molar-refractivity contribution >= 4 is 17.4 Å². The van der Waals surface area contributed by atoms with E-state index in [4.69, 9.17) is 0 Å². The third kappa shape index (κ3) is 3.98. The van der Waals surface area contributed by atoms with Crippen molar-refractivity contribution in [1.29, 1.82) is 0 Å². The van der Waals surface area contributed by atoms with Gasteiger partial charge in [0.25, 0.3) is 0 Å². The molecule has 2 fully saturated rings. The molecular weight excluding hydrogens is 358 g/mol. The average molecular weight is 384 g/mol. The Labute approximate surface area is 163 Å². The van der Waals surface area contributed by atoms with E-state index in [1.54, 1.807) is 6.26 Å². The van der Waals surface area contributed by atoms with E-state index < -0.39 is 11.4 Å². The molecule has 2 N–H and O–H groups in total. The molecule has 27 heavy (non-hydrogen) atoms. The van der Waals surface area contributed by atoms with Crippen LogP contribution in [0.5, 0.6) is 0 Å². The van der Waals surface area contributed by atoms with Crippen molar-refractivity contribution in [2.75, 3.05) is 12.8 Å². The van der Waals surface area contributed by atoms with E-state index in [0.29, 0.717) is 6.54 Å². The smallest absolute Gasteiger partial charge is 0.318 e. The number of amides is 2. The van der Waals surface area contributed by atoms with E-state index in [-0.39, 0.29) is 24.2 Å². The van der Waals surface area contributed by atoms with Gasteiger partial charge >= 0.3 is 6.03 Å². The van der Waals surface area contributed by atoms with Crippen molar-refractivity contribution in [2.45, 2.75) is 37.4 Å². The molecule has 2 aromatic carbocycles. The Balaban J connectivity index is 1.60. The normalized spacial score (nSPS) is 25.8. The Bertz CT molecular complexity index is 799. The van der Waals surface area contributed by atoms with Crippen molar-refractivity contribution in [3.8, 4) is 11.1 Å². The largest absolute Gasteiger partial charge is 0.598 e. The second-order valence-electron chi connectivity index (χ2n) is 7.34. The average Bonchev–Trinajstić information content (AvgIpc) is 3.05. The minimum Gasteiger partial charge on any atom is -0.598 e. The molecule has 0 saturated carbocycles. The summed E-state index contributed by atoms with van der Waals surface area (Å²) in [7, 11) is 0. The lowest BCUT2D eigenvalue weighted by Gasteiger charge is -2.42. The van der Waals surface area contributed by atoms with Crippen LogP contribution in [0.15, 0.2) is 54.6 Å². The van der Waals surface area contributed by atoms with Crippen LogP contribution in [0.3, 0.4) is 0 Å². The highest BCUT2D eigenvalue weighted by molar-refractivity contribution is 7.88. The van der Waals surface area contributed by atoms with Crippen LogP contribution < -0.4 is 10.0 Å². The number of benzene rings is 2. The van der Waals surface area contributed by atoms with Gasteiger partial charge in [-0.25, -0.2) is 4.79 Å². The molecule has 0 aromatic heterocycles. The first-order chi connectivity index (χ1) is 13.1. The van der Waals surface area contributed by atoms with E-state index in [0.717, 1.165) is 19.3 Å². The summed E-state index contributed by atoms with van der Waals surface area (Å²) in [6.45, 7) is 0.710. The quantitative estimate of drug-likeness (QED) is 0.780. The van der Waals surface area contributed by atoms with Crippen molar-refractivity contribution in [3.05, 3.63) is 60.2 Å². The van der Waals surface area contributed by atoms with Crippen LogP contribution in [0.4, 0.5) is 4.79 Å². The van der Waals surface area contributed by atoms with Gasteiger partial charge in [0.2, 0.25) is 0 Å². The summed E-state index contributed by atoms with van der Waals surface area (Å²) in [4.78, 5) is 14.4. The molecule has 0 bridgehead atoms. The lowest BCUT2D eigenvalue weighted by atomic mass is 9.88. The van der Waals surface area contributed by atoms with Gasteiger partial charge in [-0.1, -0.05) is 54.6 Å². The fourth-order valence-corrected chi connectivity index (χ4v) is 5.02. The zero-order chi connectivity index (χ0) is 18.8. The molecule has 2 heterocycles. The lowest BCUT2D eigenvalue weighted by Crippen LogP contribution is -2.59. The van der Waals surface area contributed by atoms with E-state index in [9.17, 15) is 9.35 Å². The highest BCUT2D eigenvalue weighted by Crippen LogP contribution is 2.30. The van der Waals surface area contributed by atoms with Crippen LogP contribution in [0.25, 0.3) is 11.1 Å². The second kappa shape index (κ2) is 7.92. The van der Waals surface area contributed by atoms with Gasteiger partial charge < -0.3 is 14.8 Å². The Morgan fingerprint density at radius 3 is 2.70 bits per heavy atom. The minimum absolute atomic E-state index is 0.00109. The molecule has 5 nitrogen and oxygen atoms in total. The summed E-state index contributed by atoms with van der Waals surface area (Å²) < 4.78 is 15.0. The highest BCUT2D eigenvalue weighted by Gasteiger charge is 2.44. The number of hydrogen-bond acceptors (Lipinski definition) is 3. The van der Waals surface area contributed by atoms with Crippen LogP contribution in [0, 0.1) is 0 Å². The first kappa shape index (κ1) is 18.3. The SMILES string of the molecule is C[S+]([O-])NC1CCC2CNC(=O)N2C1Cc1cccc(-c2ccccc2)c1. The summed E-state index contributed by atoms with van der Waals surface area (Å²) in [6.07, 6.45) is 4.27. The van der Waals surface area contributed by atoms with Gasteiger partial charge in [-0.15, -0.1) is 4.72 Å². The second-order valence-corrected chi connectivity index (χ2v) is 8.48. The molecule has 4 atom stereocenters. The zero-order valence-corrected chi connectivity index (χ0v) is 16.2. The van der Waals surface area contributed by atoms with E-state index in [2.05, 4.69) is 46.4 Å². The van der Waals surface area contributed by atoms with Gasteiger partial charge in [0.1, 0.15) is 6.26 Å². The molecule has 2 saturated heterocycles. The van der Waals surface area contributed by atoms with Gasteiger partial charge in [0.05, 0.1) is 18.1 Å². The third-order valence-electron chi connectivity index (χ3n) is 5.55. The Hall–Kier alpha value is -2.02. The van der Waals surface area contributed by atoms with Gasteiger partial charge in [0, 0.05) is 17.9 Å². The van der Waals surface area contributed by atoms with Crippen molar-refractivity contribution in [1.82, 2.24) is 14.9 Å². The molecule has 6 heteroatoms. The van der Waals surface area contributed by atoms with E-state index >= 15 is 0 Å². The maximum Gasteiger partial charge on any atom is 0.318 e. The number of carbonyl (C=O) groups excluding carboxylic acids is 1. The number of urea groups is 1. The lowest BCUT2D eigenvalue weighted by molar-refractivity contribution is 0.120. The fourth-order valence-electron chi connectivity index (χ4n) is 4.32. The molecule has 142 valence electrons. The van der Waals surface area contributed by atoms with Gasteiger partial charge in [0.15, 0.2) is 0 Å². The molecule has 0 aliphatic carbocycles. The third-order valence-corrected chi connectivity index (χ3v) is 6.18. The number of nitrogens with zero attached hydrogens (tertiary/aromatic N) is 1.